The van der Waals surface area contributed by atoms with E-state index in [4.69, 9.17) is 10.7 Å². The molecule has 19 heavy (non-hydrogen) atoms. The van der Waals surface area contributed by atoms with Crippen LogP contribution in [0.4, 0.5) is 0 Å². The molecule has 100 valence electrons. The monoisotopic (exact) mass is 300 g/mol. The lowest BCUT2D eigenvalue weighted by molar-refractivity contribution is 0.579. The number of halogens is 1. The number of hydrogen-bond donors (Lipinski definition) is 1. The minimum absolute atomic E-state index is 0.0202. The summed E-state index contributed by atoms with van der Waals surface area (Å²) in [5, 5.41) is 7.10. The van der Waals surface area contributed by atoms with Gasteiger partial charge >= 0.3 is 0 Å². The third kappa shape index (κ3) is 2.17. The fourth-order valence-electron chi connectivity index (χ4n) is 1.88. The third-order valence-electron chi connectivity index (χ3n) is 2.86. The Morgan fingerprint density at radius 1 is 1.37 bits per heavy atom. The van der Waals surface area contributed by atoms with Crippen LogP contribution in [0.3, 0.4) is 0 Å². The maximum Gasteiger partial charge on any atom is 0.296 e. The molecular weight excluding hydrogens is 292 g/mol. The van der Waals surface area contributed by atoms with Crippen molar-refractivity contribution < 1.29 is 8.42 Å². The lowest BCUT2D eigenvalue weighted by Crippen LogP contribution is -2.10. The van der Waals surface area contributed by atoms with Gasteiger partial charge in [-0.3, -0.25) is 9.36 Å². The Bertz CT molecular complexity index is 791. The number of hydrogen-bond acceptors (Lipinski definition) is 5. The van der Waals surface area contributed by atoms with Gasteiger partial charge in [0.2, 0.25) is 0 Å². The van der Waals surface area contributed by atoms with E-state index in [1.54, 1.807) is 0 Å². The molecule has 1 aliphatic rings. The molecular formula is C10H9ClN4O3S. The van der Waals surface area contributed by atoms with E-state index < -0.39 is 9.05 Å². The number of pyridine rings is 1. The quantitative estimate of drug-likeness (QED) is 0.849. The van der Waals surface area contributed by atoms with Gasteiger partial charge in [0.15, 0.2) is 11.3 Å². The van der Waals surface area contributed by atoms with E-state index in [1.165, 1.54) is 23.0 Å². The van der Waals surface area contributed by atoms with Crippen molar-refractivity contribution in [2.75, 3.05) is 0 Å². The van der Waals surface area contributed by atoms with E-state index in [2.05, 4.69) is 15.2 Å². The average Bonchev–Trinajstić information content (AvgIpc) is 3.07. The van der Waals surface area contributed by atoms with Crippen molar-refractivity contribution in [2.24, 2.45) is 0 Å². The van der Waals surface area contributed by atoms with Crippen LogP contribution in [-0.2, 0) is 9.05 Å². The summed E-state index contributed by atoms with van der Waals surface area (Å²) in [5.74, 6) is 0.226. The summed E-state index contributed by atoms with van der Waals surface area (Å²) in [6.45, 7) is 0. The van der Waals surface area contributed by atoms with Gasteiger partial charge in [0.05, 0.1) is 5.56 Å². The highest BCUT2D eigenvalue weighted by atomic mass is 35.7. The molecule has 0 radical (unpaired) electrons. The van der Waals surface area contributed by atoms with Crippen molar-refractivity contribution in [1.29, 1.82) is 0 Å². The first-order chi connectivity index (χ1) is 8.98. The molecule has 7 nitrogen and oxygen atoms in total. The summed E-state index contributed by atoms with van der Waals surface area (Å²) >= 11 is 0. The van der Waals surface area contributed by atoms with Gasteiger partial charge < -0.3 is 4.98 Å². The lowest BCUT2D eigenvalue weighted by atomic mass is 10.2. The number of nitrogens with zero attached hydrogens (tertiary/aromatic N) is 3. The molecule has 0 amide bonds. The minimum atomic E-state index is -3.99. The van der Waals surface area contributed by atoms with Gasteiger partial charge in [0, 0.05) is 35.2 Å². The van der Waals surface area contributed by atoms with Crippen molar-refractivity contribution >= 4 is 19.7 Å². The van der Waals surface area contributed by atoms with Crippen molar-refractivity contribution in [1.82, 2.24) is 19.7 Å². The molecule has 1 N–H and O–H groups in total. The second-order valence-electron chi connectivity index (χ2n) is 4.27. The first kappa shape index (κ1) is 12.4. The molecule has 1 aliphatic carbocycles. The Hall–Kier alpha value is -1.67. The van der Waals surface area contributed by atoms with E-state index in [0.29, 0.717) is 0 Å². The van der Waals surface area contributed by atoms with Gasteiger partial charge in [0.1, 0.15) is 0 Å². The summed E-state index contributed by atoms with van der Waals surface area (Å²) in [7, 11) is 1.35. The Morgan fingerprint density at radius 3 is 2.68 bits per heavy atom. The van der Waals surface area contributed by atoms with Crippen LogP contribution >= 0.6 is 10.7 Å². The molecule has 0 saturated heterocycles. The van der Waals surface area contributed by atoms with Crippen LogP contribution < -0.4 is 5.43 Å². The van der Waals surface area contributed by atoms with Gasteiger partial charge in [-0.15, -0.1) is 10.2 Å². The molecule has 2 aromatic rings. The van der Waals surface area contributed by atoms with Crippen LogP contribution in [0, 0.1) is 0 Å². The fourth-order valence-corrected chi connectivity index (χ4v) is 2.80. The number of aromatic nitrogens is 4. The number of aromatic amines is 1. The van der Waals surface area contributed by atoms with Gasteiger partial charge in [-0.05, 0) is 12.8 Å². The summed E-state index contributed by atoms with van der Waals surface area (Å²) < 4.78 is 24.4. The zero-order valence-corrected chi connectivity index (χ0v) is 11.1. The second kappa shape index (κ2) is 4.17. The predicted molar refractivity (Wildman–Crippen MR) is 67.4 cm³/mol. The Morgan fingerprint density at radius 2 is 2.11 bits per heavy atom. The van der Waals surface area contributed by atoms with Gasteiger partial charge in [-0.25, -0.2) is 8.42 Å². The highest BCUT2D eigenvalue weighted by Crippen LogP contribution is 2.39. The van der Waals surface area contributed by atoms with E-state index in [1.807, 2.05) is 0 Å². The van der Waals surface area contributed by atoms with E-state index in [0.717, 1.165) is 12.8 Å². The molecule has 0 spiro atoms. The second-order valence-corrected chi connectivity index (χ2v) is 6.73. The van der Waals surface area contributed by atoms with Gasteiger partial charge in [-0.2, -0.15) is 0 Å². The molecule has 0 bridgehead atoms. The van der Waals surface area contributed by atoms with Crippen molar-refractivity contribution in [3.8, 4) is 11.4 Å². The smallest absolute Gasteiger partial charge is 0.296 e. The van der Waals surface area contributed by atoms with Crippen molar-refractivity contribution in [3.05, 3.63) is 28.7 Å². The van der Waals surface area contributed by atoms with Crippen LogP contribution in [0.15, 0.2) is 28.4 Å². The average molecular weight is 301 g/mol. The van der Waals surface area contributed by atoms with E-state index in [-0.39, 0.29) is 28.0 Å². The Labute approximate surface area is 112 Å². The van der Waals surface area contributed by atoms with Gasteiger partial charge in [-0.1, -0.05) is 0 Å². The molecule has 0 unspecified atom stereocenters. The maximum absolute atomic E-state index is 11.8. The van der Waals surface area contributed by atoms with E-state index >= 15 is 0 Å². The van der Waals surface area contributed by atoms with Crippen LogP contribution in [-0.4, -0.2) is 28.2 Å². The first-order valence-corrected chi connectivity index (χ1v) is 7.86. The zero-order chi connectivity index (χ0) is 13.6. The van der Waals surface area contributed by atoms with Crippen LogP contribution in [0.1, 0.15) is 18.9 Å². The molecule has 3 rings (SSSR count). The molecule has 0 aliphatic heterocycles. The zero-order valence-electron chi connectivity index (χ0n) is 9.58. The normalized spacial score (nSPS) is 15.6. The van der Waals surface area contributed by atoms with Crippen LogP contribution in [0.25, 0.3) is 11.4 Å². The topological polar surface area (TPSA) is 97.7 Å². The largest absolute Gasteiger partial charge is 0.367 e. The Kier molecular flexibility index (Phi) is 2.72. The molecule has 2 aromatic heterocycles. The fraction of sp³-hybridized carbons (Fsp3) is 0.300. The number of rotatable bonds is 3. The molecule has 9 heteroatoms. The lowest BCUT2D eigenvalue weighted by Gasteiger charge is -2.06. The summed E-state index contributed by atoms with van der Waals surface area (Å²) in [6, 6.07) is 1.32. The van der Waals surface area contributed by atoms with Crippen molar-refractivity contribution in [2.45, 2.75) is 24.0 Å². The summed E-state index contributed by atoms with van der Waals surface area (Å²) in [4.78, 5) is 14.6. The number of nitrogens with one attached hydrogen (secondary N) is 1. The van der Waals surface area contributed by atoms with Crippen molar-refractivity contribution in [3.63, 3.8) is 0 Å². The summed E-state index contributed by atoms with van der Waals surface area (Å²) in [6.07, 6.45) is 4.59. The standard InChI is InChI=1S/C10H9ClN4O3S/c11-19(17,18)10-14-13-9(15(10)6-1-2-6)7-5-12-4-3-8(7)16/h3-6H,1-2H2,(H,12,16). The van der Waals surface area contributed by atoms with Crippen LogP contribution in [0.2, 0.25) is 0 Å². The van der Waals surface area contributed by atoms with Crippen LogP contribution in [0.5, 0.6) is 0 Å². The molecule has 1 fully saturated rings. The maximum atomic E-state index is 11.8. The molecule has 0 atom stereocenters. The highest BCUT2D eigenvalue weighted by Gasteiger charge is 2.34. The minimum Gasteiger partial charge on any atom is -0.367 e. The number of H-pyrrole nitrogens is 1. The van der Waals surface area contributed by atoms with E-state index in [9.17, 15) is 13.2 Å². The van der Waals surface area contributed by atoms with Gasteiger partial charge in [0.25, 0.3) is 14.2 Å². The SMILES string of the molecule is O=c1cc[nH]cc1-c1nnc(S(=O)(=O)Cl)n1C1CC1. The first-order valence-electron chi connectivity index (χ1n) is 5.55. The predicted octanol–water partition coefficient (Wildman–Crippen LogP) is 0.896. The Balaban J connectivity index is 2.27. The highest BCUT2D eigenvalue weighted by molar-refractivity contribution is 8.13. The third-order valence-corrected chi connectivity index (χ3v) is 3.99. The molecule has 2 heterocycles. The molecule has 0 aromatic carbocycles. The summed E-state index contributed by atoms with van der Waals surface area (Å²) in [5.41, 5.74) is 0.0139. The molecule has 1 saturated carbocycles.